The lowest BCUT2D eigenvalue weighted by molar-refractivity contribution is -0.149. The lowest BCUT2D eigenvalue weighted by Gasteiger charge is -2.13. The lowest BCUT2D eigenvalue weighted by Crippen LogP contribution is -2.24. The number of para-hydroxylation sites is 1. The predicted octanol–water partition coefficient (Wildman–Crippen LogP) is 2.87. The summed E-state index contributed by atoms with van der Waals surface area (Å²) in [4.78, 5) is 35.0. The van der Waals surface area contributed by atoms with Crippen LogP contribution in [0.5, 0.6) is 11.5 Å². The van der Waals surface area contributed by atoms with Gasteiger partial charge in [-0.15, -0.1) is 0 Å². The van der Waals surface area contributed by atoms with Crippen molar-refractivity contribution in [3.8, 4) is 11.5 Å². The average molecular weight is 407 g/mol. The minimum atomic E-state index is -0.728. The molecule has 2 N–H and O–H groups in total. The molecular formula is C19H19ClN2O6. The van der Waals surface area contributed by atoms with Gasteiger partial charge in [-0.25, -0.2) is 4.79 Å². The molecule has 2 amide bonds. The zero-order valence-corrected chi connectivity index (χ0v) is 16.0. The van der Waals surface area contributed by atoms with Gasteiger partial charge in [0, 0.05) is 12.6 Å². The molecule has 0 radical (unpaired) electrons. The minimum Gasteiger partial charge on any atom is -0.495 e. The van der Waals surface area contributed by atoms with Crippen LogP contribution in [0.4, 0.5) is 11.4 Å². The van der Waals surface area contributed by atoms with Crippen LogP contribution >= 0.6 is 11.6 Å². The van der Waals surface area contributed by atoms with Crippen molar-refractivity contribution >= 4 is 40.8 Å². The molecule has 0 bridgehead atoms. The largest absolute Gasteiger partial charge is 0.495 e. The number of esters is 1. The Morgan fingerprint density at radius 1 is 1.00 bits per heavy atom. The summed E-state index contributed by atoms with van der Waals surface area (Å²) in [7, 11) is 1.44. The number of amides is 2. The van der Waals surface area contributed by atoms with Crippen molar-refractivity contribution < 1.29 is 28.6 Å². The number of methoxy groups -OCH3 is 1. The number of nitrogens with one attached hydrogen (secondary N) is 2. The summed E-state index contributed by atoms with van der Waals surface area (Å²) in [6, 6.07) is 11.4. The van der Waals surface area contributed by atoms with Crippen molar-refractivity contribution in [1.29, 1.82) is 0 Å². The van der Waals surface area contributed by atoms with E-state index in [1.54, 1.807) is 36.4 Å². The maximum atomic E-state index is 12.1. The predicted molar refractivity (Wildman–Crippen MR) is 104 cm³/mol. The topological polar surface area (TPSA) is 103 Å². The Labute approximate surface area is 166 Å². The summed E-state index contributed by atoms with van der Waals surface area (Å²) >= 11 is 5.92. The molecule has 0 saturated heterocycles. The number of carbonyl (C=O) groups excluding carboxylic acids is 3. The summed E-state index contributed by atoms with van der Waals surface area (Å²) in [5.41, 5.74) is 0.802. The van der Waals surface area contributed by atoms with Crippen LogP contribution in [0.3, 0.4) is 0 Å². The molecule has 0 atom stereocenters. The van der Waals surface area contributed by atoms with Gasteiger partial charge in [0.05, 0.1) is 17.8 Å². The maximum absolute atomic E-state index is 12.1. The molecular weight excluding hydrogens is 388 g/mol. The van der Waals surface area contributed by atoms with Crippen LogP contribution in [-0.2, 0) is 19.1 Å². The van der Waals surface area contributed by atoms with Gasteiger partial charge in [-0.05, 0) is 30.3 Å². The van der Waals surface area contributed by atoms with E-state index in [4.69, 9.17) is 25.8 Å². The van der Waals surface area contributed by atoms with Crippen molar-refractivity contribution in [3.05, 3.63) is 47.5 Å². The molecule has 0 fully saturated rings. The number of rotatable bonds is 8. The highest BCUT2D eigenvalue weighted by Crippen LogP contribution is 2.28. The van der Waals surface area contributed by atoms with Crippen LogP contribution in [0, 0.1) is 0 Å². The fourth-order valence-corrected chi connectivity index (χ4v) is 2.35. The zero-order valence-electron chi connectivity index (χ0n) is 15.3. The molecule has 28 heavy (non-hydrogen) atoms. The molecule has 0 aliphatic carbocycles. The number of benzene rings is 2. The lowest BCUT2D eigenvalue weighted by atomic mass is 10.2. The summed E-state index contributed by atoms with van der Waals surface area (Å²) < 4.78 is 15.3. The third kappa shape index (κ3) is 6.48. The molecule has 0 saturated carbocycles. The number of ether oxygens (including phenoxy) is 3. The van der Waals surface area contributed by atoms with Crippen molar-refractivity contribution in [2.45, 2.75) is 6.92 Å². The molecule has 0 aromatic heterocycles. The first-order chi connectivity index (χ1) is 13.4. The minimum absolute atomic E-state index is 0.255. The molecule has 2 aromatic carbocycles. The number of anilines is 2. The number of carbonyl (C=O) groups is 3. The Morgan fingerprint density at radius 3 is 2.43 bits per heavy atom. The SMILES string of the molecule is COc1ccc(NC(C)=O)cc1NC(=O)COC(=O)COc1ccccc1Cl. The smallest absolute Gasteiger partial charge is 0.344 e. The molecule has 0 spiro atoms. The highest BCUT2D eigenvalue weighted by Gasteiger charge is 2.13. The van der Waals surface area contributed by atoms with E-state index in [0.717, 1.165) is 0 Å². The van der Waals surface area contributed by atoms with Crippen molar-refractivity contribution in [3.63, 3.8) is 0 Å². The molecule has 2 rings (SSSR count). The van der Waals surface area contributed by atoms with Crippen LogP contribution in [0.1, 0.15) is 6.92 Å². The second kappa shape index (κ2) is 10.2. The van der Waals surface area contributed by atoms with Crippen LogP contribution in [0.25, 0.3) is 0 Å². The first-order valence-corrected chi connectivity index (χ1v) is 8.55. The van der Waals surface area contributed by atoms with Crippen LogP contribution in [-0.4, -0.2) is 38.1 Å². The van der Waals surface area contributed by atoms with Crippen molar-refractivity contribution in [2.75, 3.05) is 31.0 Å². The summed E-state index contributed by atoms with van der Waals surface area (Å²) in [6.45, 7) is 0.462. The number of hydrogen-bond donors (Lipinski definition) is 2. The van der Waals surface area contributed by atoms with Gasteiger partial charge < -0.3 is 24.8 Å². The first kappa shape index (κ1) is 21.0. The zero-order chi connectivity index (χ0) is 20.5. The molecule has 0 aliphatic rings. The van der Waals surface area contributed by atoms with Gasteiger partial charge in [-0.2, -0.15) is 0 Å². The van der Waals surface area contributed by atoms with Gasteiger partial charge in [-0.1, -0.05) is 23.7 Å². The Bertz CT molecular complexity index is 871. The van der Waals surface area contributed by atoms with Gasteiger partial charge in [0.2, 0.25) is 5.91 Å². The highest BCUT2D eigenvalue weighted by atomic mass is 35.5. The molecule has 9 heteroatoms. The van der Waals surface area contributed by atoms with E-state index in [0.29, 0.717) is 27.9 Å². The highest BCUT2D eigenvalue weighted by molar-refractivity contribution is 6.32. The molecule has 0 aliphatic heterocycles. The van der Waals surface area contributed by atoms with E-state index in [1.165, 1.54) is 20.1 Å². The Kier molecular flexibility index (Phi) is 7.65. The number of hydrogen-bond acceptors (Lipinski definition) is 6. The molecule has 8 nitrogen and oxygen atoms in total. The van der Waals surface area contributed by atoms with Gasteiger partial charge in [0.25, 0.3) is 5.91 Å². The van der Waals surface area contributed by atoms with E-state index < -0.39 is 25.1 Å². The molecule has 0 unspecified atom stereocenters. The summed E-state index contributed by atoms with van der Waals surface area (Å²) in [5.74, 6) is -0.839. The Balaban J connectivity index is 1.87. The number of halogens is 1. The first-order valence-electron chi connectivity index (χ1n) is 8.17. The summed E-state index contributed by atoms with van der Waals surface area (Å²) in [5, 5.41) is 5.52. The summed E-state index contributed by atoms with van der Waals surface area (Å²) in [6.07, 6.45) is 0. The standard InChI is InChI=1S/C19H19ClN2O6/c1-12(23)21-13-7-8-17(26-2)15(9-13)22-18(24)10-28-19(25)11-27-16-6-4-3-5-14(16)20/h3-9H,10-11H2,1-2H3,(H,21,23)(H,22,24). The van der Waals surface area contributed by atoms with E-state index in [1.807, 2.05) is 0 Å². The quantitative estimate of drug-likeness (QED) is 0.653. The third-order valence-corrected chi connectivity index (χ3v) is 3.65. The van der Waals surface area contributed by atoms with E-state index in [-0.39, 0.29) is 5.91 Å². The van der Waals surface area contributed by atoms with Crippen LogP contribution < -0.4 is 20.1 Å². The van der Waals surface area contributed by atoms with Gasteiger partial charge in [0.1, 0.15) is 11.5 Å². The van der Waals surface area contributed by atoms with Crippen LogP contribution in [0.15, 0.2) is 42.5 Å². The van der Waals surface area contributed by atoms with Gasteiger partial charge in [0.15, 0.2) is 13.2 Å². The maximum Gasteiger partial charge on any atom is 0.344 e. The van der Waals surface area contributed by atoms with Gasteiger partial charge in [-0.3, -0.25) is 9.59 Å². The normalized spacial score (nSPS) is 9.96. The van der Waals surface area contributed by atoms with Crippen molar-refractivity contribution in [2.24, 2.45) is 0 Å². The second-order valence-electron chi connectivity index (χ2n) is 5.52. The fourth-order valence-electron chi connectivity index (χ4n) is 2.16. The Hall–Kier alpha value is -3.26. The molecule has 2 aromatic rings. The monoisotopic (exact) mass is 406 g/mol. The molecule has 148 valence electrons. The second-order valence-corrected chi connectivity index (χ2v) is 5.93. The molecule has 0 heterocycles. The van der Waals surface area contributed by atoms with Gasteiger partial charge >= 0.3 is 5.97 Å². The average Bonchev–Trinajstić information content (AvgIpc) is 2.65. The van der Waals surface area contributed by atoms with E-state index in [9.17, 15) is 14.4 Å². The fraction of sp³-hybridized carbons (Fsp3) is 0.211. The van der Waals surface area contributed by atoms with E-state index >= 15 is 0 Å². The Morgan fingerprint density at radius 2 is 1.75 bits per heavy atom. The third-order valence-electron chi connectivity index (χ3n) is 3.34. The van der Waals surface area contributed by atoms with Crippen LogP contribution in [0.2, 0.25) is 5.02 Å². The van der Waals surface area contributed by atoms with Crippen molar-refractivity contribution in [1.82, 2.24) is 0 Å². The van der Waals surface area contributed by atoms with E-state index in [2.05, 4.69) is 10.6 Å².